The molecule has 0 amide bonds. The first-order valence-corrected chi connectivity index (χ1v) is 10.0. The Morgan fingerprint density at radius 2 is 0.880 bits per heavy atom. The molecule has 0 aliphatic heterocycles. The van der Waals surface area contributed by atoms with E-state index in [-0.39, 0.29) is 43.6 Å². The van der Waals surface area contributed by atoms with Crippen LogP contribution in [0.25, 0.3) is 0 Å². The minimum atomic E-state index is -0.292. The Hall–Kier alpha value is -0.463. The average Bonchev–Trinajstić information content (AvgIpc) is 2.58. The molecule has 0 fully saturated rings. The number of hydrogen-bond donors (Lipinski definition) is 0. The monoisotopic (exact) mass is 350 g/mol. The zero-order valence-electron chi connectivity index (χ0n) is 15.9. The SMILES string of the molecule is CCCCCCCCOC(=O)CCC(=O)OCCCCCCCC.[LiH]. The number of esters is 2. The van der Waals surface area contributed by atoms with Crippen LogP contribution in [0.2, 0.25) is 0 Å². The Balaban J connectivity index is 0. The molecule has 5 heteroatoms. The van der Waals surface area contributed by atoms with E-state index in [1.54, 1.807) is 0 Å². The van der Waals surface area contributed by atoms with E-state index < -0.39 is 0 Å². The first-order valence-electron chi connectivity index (χ1n) is 10.0. The normalized spacial score (nSPS) is 10.2. The third-order valence-electron chi connectivity index (χ3n) is 4.06. The minimum absolute atomic E-state index is 0. The van der Waals surface area contributed by atoms with Gasteiger partial charge in [-0.3, -0.25) is 9.59 Å². The van der Waals surface area contributed by atoms with Gasteiger partial charge in [-0.05, 0) is 12.8 Å². The van der Waals surface area contributed by atoms with Crippen molar-refractivity contribution in [3.63, 3.8) is 0 Å². The molecule has 0 unspecified atom stereocenters. The summed E-state index contributed by atoms with van der Waals surface area (Å²) < 4.78 is 10.3. The van der Waals surface area contributed by atoms with Crippen LogP contribution in [0.15, 0.2) is 0 Å². The van der Waals surface area contributed by atoms with Crippen LogP contribution in [0.1, 0.15) is 104 Å². The Labute approximate surface area is 167 Å². The molecule has 0 aliphatic rings. The summed E-state index contributed by atoms with van der Waals surface area (Å²) in [5.74, 6) is -0.583. The molecule has 0 bridgehead atoms. The van der Waals surface area contributed by atoms with E-state index in [4.69, 9.17) is 9.47 Å². The standard InChI is InChI=1S/C20H38O4.Li.H/c1-3-5-7-9-11-13-17-23-19(21)15-16-20(22)24-18-14-12-10-8-6-4-2;;/h3-18H2,1-2H3;;. The number of rotatable bonds is 17. The van der Waals surface area contributed by atoms with Crippen molar-refractivity contribution in [3.8, 4) is 0 Å². The molecule has 0 saturated carbocycles. The van der Waals surface area contributed by atoms with Gasteiger partial charge in [-0.1, -0.05) is 78.1 Å². The third-order valence-corrected chi connectivity index (χ3v) is 4.06. The van der Waals surface area contributed by atoms with Gasteiger partial charge in [0.1, 0.15) is 0 Å². The molecule has 0 aromatic heterocycles. The topological polar surface area (TPSA) is 52.6 Å². The second kappa shape index (κ2) is 21.6. The molecule has 0 atom stereocenters. The molecule has 4 nitrogen and oxygen atoms in total. The zero-order chi connectivity index (χ0) is 17.9. The summed E-state index contributed by atoms with van der Waals surface area (Å²) in [5, 5.41) is 0. The second-order valence-electron chi connectivity index (χ2n) is 6.48. The second-order valence-corrected chi connectivity index (χ2v) is 6.48. The fourth-order valence-corrected chi connectivity index (χ4v) is 2.49. The van der Waals surface area contributed by atoms with E-state index in [0.717, 1.165) is 25.7 Å². The van der Waals surface area contributed by atoms with Gasteiger partial charge in [-0.15, -0.1) is 0 Å². The van der Waals surface area contributed by atoms with E-state index in [0.29, 0.717) is 13.2 Å². The molecule has 0 N–H and O–H groups in total. The zero-order valence-corrected chi connectivity index (χ0v) is 15.9. The van der Waals surface area contributed by atoms with Crippen LogP contribution >= 0.6 is 0 Å². The number of ether oxygens (including phenoxy) is 2. The molecule has 0 spiro atoms. The fourth-order valence-electron chi connectivity index (χ4n) is 2.49. The van der Waals surface area contributed by atoms with Gasteiger partial charge in [-0.2, -0.15) is 0 Å². The average molecular weight is 350 g/mol. The molecule has 0 radical (unpaired) electrons. The summed E-state index contributed by atoms with van der Waals surface area (Å²) in [6.07, 6.45) is 14.3. The number of carbonyl (C=O) groups is 2. The van der Waals surface area contributed by atoms with Gasteiger partial charge in [0.25, 0.3) is 0 Å². The van der Waals surface area contributed by atoms with Gasteiger partial charge in [-0.25, -0.2) is 0 Å². The Morgan fingerprint density at radius 1 is 0.560 bits per heavy atom. The molecule has 0 saturated heterocycles. The van der Waals surface area contributed by atoms with Gasteiger partial charge >= 0.3 is 30.8 Å². The fraction of sp³-hybridized carbons (Fsp3) is 0.900. The summed E-state index contributed by atoms with van der Waals surface area (Å²) in [6.45, 7) is 5.33. The van der Waals surface area contributed by atoms with Crippen molar-refractivity contribution in [1.29, 1.82) is 0 Å². The van der Waals surface area contributed by atoms with Crippen molar-refractivity contribution in [3.05, 3.63) is 0 Å². The molecule has 0 heterocycles. The molecule has 0 aromatic carbocycles. The maximum absolute atomic E-state index is 11.5. The van der Waals surface area contributed by atoms with E-state index in [2.05, 4.69) is 13.8 Å². The van der Waals surface area contributed by atoms with Crippen LogP contribution in [-0.4, -0.2) is 44.0 Å². The summed E-state index contributed by atoms with van der Waals surface area (Å²) in [6, 6.07) is 0. The Bertz CT molecular complexity index is 278. The van der Waals surface area contributed by atoms with Crippen molar-refractivity contribution in [1.82, 2.24) is 0 Å². The van der Waals surface area contributed by atoms with Gasteiger partial charge in [0.15, 0.2) is 0 Å². The van der Waals surface area contributed by atoms with Crippen LogP contribution in [0.3, 0.4) is 0 Å². The molecule has 0 rings (SSSR count). The van der Waals surface area contributed by atoms with E-state index in [1.165, 1.54) is 51.4 Å². The van der Waals surface area contributed by atoms with Crippen LogP contribution in [-0.2, 0) is 19.1 Å². The number of unbranched alkanes of at least 4 members (excludes halogenated alkanes) is 10. The first kappa shape index (κ1) is 26.8. The van der Waals surface area contributed by atoms with E-state index in [9.17, 15) is 9.59 Å². The van der Waals surface area contributed by atoms with Crippen LogP contribution in [0.5, 0.6) is 0 Å². The molecule has 144 valence electrons. The van der Waals surface area contributed by atoms with Gasteiger partial charge in [0.2, 0.25) is 0 Å². The number of carbonyl (C=O) groups excluding carboxylic acids is 2. The van der Waals surface area contributed by atoms with E-state index in [1.807, 2.05) is 0 Å². The first-order chi connectivity index (χ1) is 11.7. The van der Waals surface area contributed by atoms with Crippen LogP contribution in [0, 0.1) is 0 Å². The predicted octanol–water partition coefficient (Wildman–Crippen LogP) is 4.93. The van der Waals surface area contributed by atoms with Gasteiger partial charge in [0, 0.05) is 0 Å². The van der Waals surface area contributed by atoms with Crippen LogP contribution in [0.4, 0.5) is 0 Å². The van der Waals surface area contributed by atoms with Crippen molar-refractivity contribution < 1.29 is 19.1 Å². The summed E-state index contributed by atoms with van der Waals surface area (Å²) in [7, 11) is 0. The quantitative estimate of drug-likeness (QED) is 0.212. The Kier molecular flexibility index (Phi) is 23.1. The summed E-state index contributed by atoms with van der Waals surface area (Å²) in [5.41, 5.74) is 0. The molecular formula is C20H39LiO4. The van der Waals surface area contributed by atoms with Crippen LogP contribution < -0.4 is 0 Å². The van der Waals surface area contributed by atoms with Crippen molar-refractivity contribution >= 4 is 30.8 Å². The summed E-state index contributed by atoms with van der Waals surface area (Å²) >= 11 is 0. The van der Waals surface area contributed by atoms with Crippen molar-refractivity contribution in [2.45, 2.75) is 104 Å². The number of hydrogen-bond acceptors (Lipinski definition) is 4. The van der Waals surface area contributed by atoms with Crippen molar-refractivity contribution in [2.24, 2.45) is 0 Å². The molecule has 0 aliphatic carbocycles. The third kappa shape index (κ3) is 21.5. The maximum atomic E-state index is 11.5. The van der Waals surface area contributed by atoms with E-state index >= 15 is 0 Å². The van der Waals surface area contributed by atoms with Crippen molar-refractivity contribution in [2.75, 3.05) is 13.2 Å². The van der Waals surface area contributed by atoms with Gasteiger partial charge in [0.05, 0.1) is 26.1 Å². The molecular weight excluding hydrogens is 311 g/mol. The van der Waals surface area contributed by atoms with Gasteiger partial charge < -0.3 is 9.47 Å². The molecule has 0 aromatic rings. The Morgan fingerprint density at radius 3 is 1.24 bits per heavy atom. The summed E-state index contributed by atoms with van der Waals surface area (Å²) in [4.78, 5) is 23.1. The molecule has 25 heavy (non-hydrogen) atoms. The predicted molar refractivity (Wildman–Crippen MR) is 105 cm³/mol.